The molecule has 1 aliphatic carbocycles. The molecule has 2 rings (SSSR count). The molecular formula is C17H26BrNO2. The number of halogens is 1. The third-order valence-corrected chi connectivity index (χ3v) is 5.28. The fourth-order valence-corrected chi connectivity index (χ4v) is 3.84. The Morgan fingerprint density at radius 3 is 2.71 bits per heavy atom. The lowest BCUT2D eigenvalue weighted by atomic mass is 9.76. The van der Waals surface area contributed by atoms with Gasteiger partial charge >= 0.3 is 0 Å². The SMILES string of the molecule is COCCOc1ccc(C(N)C2CCCC2(C)C)cc1Br. The summed E-state index contributed by atoms with van der Waals surface area (Å²) in [5.74, 6) is 1.39. The minimum Gasteiger partial charge on any atom is -0.490 e. The second-order valence-electron chi connectivity index (χ2n) is 6.54. The van der Waals surface area contributed by atoms with Gasteiger partial charge in [-0.3, -0.25) is 0 Å². The third kappa shape index (κ3) is 3.99. The zero-order valence-corrected chi connectivity index (χ0v) is 14.8. The highest BCUT2D eigenvalue weighted by atomic mass is 79.9. The van der Waals surface area contributed by atoms with Gasteiger partial charge in [-0.25, -0.2) is 0 Å². The normalized spacial score (nSPS) is 22.2. The first-order valence-electron chi connectivity index (χ1n) is 7.62. The predicted molar refractivity (Wildman–Crippen MR) is 89.6 cm³/mol. The maximum atomic E-state index is 6.53. The highest BCUT2D eigenvalue weighted by molar-refractivity contribution is 9.10. The Balaban J connectivity index is 2.08. The fourth-order valence-electron chi connectivity index (χ4n) is 3.33. The molecule has 1 aromatic rings. The summed E-state index contributed by atoms with van der Waals surface area (Å²) in [6.07, 6.45) is 3.77. The molecule has 0 bridgehead atoms. The monoisotopic (exact) mass is 355 g/mol. The van der Waals surface area contributed by atoms with Crippen molar-refractivity contribution in [2.24, 2.45) is 17.1 Å². The van der Waals surface area contributed by atoms with Crippen molar-refractivity contribution < 1.29 is 9.47 Å². The Hall–Kier alpha value is -0.580. The molecule has 0 amide bonds. The molecule has 1 fully saturated rings. The number of rotatable bonds is 6. The number of nitrogens with two attached hydrogens (primary N) is 1. The highest BCUT2D eigenvalue weighted by Gasteiger charge is 2.38. The Morgan fingerprint density at radius 2 is 2.14 bits per heavy atom. The molecule has 0 heterocycles. The molecule has 1 aliphatic rings. The van der Waals surface area contributed by atoms with Crippen molar-refractivity contribution in [3.63, 3.8) is 0 Å². The van der Waals surface area contributed by atoms with Gasteiger partial charge in [0.05, 0.1) is 11.1 Å². The number of ether oxygens (including phenoxy) is 2. The Kier molecular flexibility index (Phi) is 5.69. The van der Waals surface area contributed by atoms with Gasteiger partial charge in [-0.05, 0) is 57.8 Å². The minimum atomic E-state index is 0.0897. The summed E-state index contributed by atoms with van der Waals surface area (Å²) < 4.78 is 11.6. The van der Waals surface area contributed by atoms with E-state index in [1.165, 1.54) is 24.8 Å². The Morgan fingerprint density at radius 1 is 1.38 bits per heavy atom. The van der Waals surface area contributed by atoms with Crippen LogP contribution in [0.5, 0.6) is 5.75 Å². The van der Waals surface area contributed by atoms with Gasteiger partial charge in [0.15, 0.2) is 0 Å². The number of hydrogen-bond acceptors (Lipinski definition) is 3. The molecule has 2 N–H and O–H groups in total. The maximum Gasteiger partial charge on any atom is 0.133 e. The largest absolute Gasteiger partial charge is 0.490 e. The van der Waals surface area contributed by atoms with E-state index < -0.39 is 0 Å². The van der Waals surface area contributed by atoms with Crippen molar-refractivity contribution in [1.29, 1.82) is 0 Å². The first kappa shape index (κ1) is 16.8. The van der Waals surface area contributed by atoms with Gasteiger partial charge in [-0.2, -0.15) is 0 Å². The summed E-state index contributed by atoms with van der Waals surface area (Å²) in [7, 11) is 1.67. The molecule has 4 heteroatoms. The molecule has 1 saturated carbocycles. The van der Waals surface area contributed by atoms with E-state index in [9.17, 15) is 0 Å². The van der Waals surface area contributed by atoms with E-state index in [0.29, 0.717) is 24.5 Å². The van der Waals surface area contributed by atoms with E-state index in [-0.39, 0.29) is 6.04 Å². The second kappa shape index (κ2) is 7.12. The van der Waals surface area contributed by atoms with Crippen LogP contribution in [0.2, 0.25) is 0 Å². The van der Waals surface area contributed by atoms with E-state index in [0.717, 1.165) is 10.2 Å². The molecule has 3 nitrogen and oxygen atoms in total. The van der Waals surface area contributed by atoms with Crippen LogP contribution in [-0.2, 0) is 4.74 Å². The van der Waals surface area contributed by atoms with Crippen LogP contribution in [0.1, 0.15) is 44.7 Å². The summed E-state index contributed by atoms with van der Waals surface area (Å²) in [4.78, 5) is 0. The van der Waals surface area contributed by atoms with Crippen LogP contribution in [-0.4, -0.2) is 20.3 Å². The summed E-state index contributed by atoms with van der Waals surface area (Å²) >= 11 is 3.58. The van der Waals surface area contributed by atoms with Gasteiger partial charge in [0, 0.05) is 13.2 Å². The molecule has 0 spiro atoms. The summed E-state index contributed by atoms with van der Waals surface area (Å²) in [6.45, 7) is 5.81. The Bertz CT molecular complexity index is 476. The number of hydrogen-bond donors (Lipinski definition) is 1. The molecule has 21 heavy (non-hydrogen) atoms. The molecule has 0 radical (unpaired) electrons. The summed E-state index contributed by atoms with van der Waals surface area (Å²) in [6, 6.07) is 6.27. The lowest BCUT2D eigenvalue weighted by Gasteiger charge is -2.32. The third-order valence-electron chi connectivity index (χ3n) is 4.66. The minimum absolute atomic E-state index is 0.0897. The fraction of sp³-hybridized carbons (Fsp3) is 0.647. The molecule has 2 atom stereocenters. The van der Waals surface area contributed by atoms with E-state index in [2.05, 4.69) is 41.9 Å². The molecule has 2 unspecified atom stereocenters. The van der Waals surface area contributed by atoms with Gasteiger partial charge in [-0.1, -0.05) is 26.3 Å². The van der Waals surface area contributed by atoms with Crippen molar-refractivity contribution in [1.82, 2.24) is 0 Å². The van der Waals surface area contributed by atoms with E-state index in [4.69, 9.17) is 15.2 Å². The lowest BCUT2D eigenvalue weighted by Crippen LogP contribution is -2.29. The number of benzene rings is 1. The first-order chi connectivity index (χ1) is 9.95. The van der Waals surface area contributed by atoms with Crippen molar-refractivity contribution in [3.8, 4) is 5.75 Å². The van der Waals surface area contributed by atoms with Crippen LogP contribution in [0.15, 0.2) is 22.7 Å². The average molecular weight is 356 g/mol. The van der Waals surface area contributed by atoms with E-state index in [1.807, 2.05) is 6.07 Å². The predicted octanol–water partition coefficient (Wildman–Crippen LogP) is 4.30. The smallest absolute Gasteiger partial charge is 0.133 e. The van der Waals surface area contributed by atoms with Gasteiger partial charge in [0.2, 0.25) is 0 Å². The lowest BCUT2D eigenvalue weighted by molar-refractivity contribution is 0.146. The maximum absolute atomic E-state index is 6.53. The summed E-state index contributed by atoms with van der Waals surface area (Å²) in [5, 5.41) is 0. The van der Waals surface area contributed by atoms with Crippen molar-refractivity contribution in [2.45, 2.75) is 39.2 Å². The second-order valence-corrected chi connectivity index (χ2v) is 7.40. The molecule has 118 valence electrons. The zero-order chi connectivity index (χ0) is 15.5. The standard InChI is InChI=1S/C17H26BrNO2/c1-17(2)8-4-5-13(17)16(19)12-6-7-15(14(18)11-12)21-10-9-20-3/h6-7,11,13,16H,4-5,8-10,19H2,1-3H3. The average Bonchev–Trinajstić information content (AvgIpc) is 2.79. The topological polar surface area (TPSA) is 44.5 Å². The van der Waals surface area contributed by atoms with Gasteiger partial charge < -0.3 is 15.2 Å². The highest BCUT2D eigenvalue weighted by Crippen LogP contribution is 2.48. The molecule has 0 aromatic heterocycles. The van der Waals surface area contributed by atoms with Crippen LogP contribution in [0.4, 0.5) is 0 Å². The van der Waals surface area contributed by atoms with Crippen molar-refractivity contribution in [2.75, 3.05) is 20.3 Å². The van der Waals surface area contributed by atoms with Crippen molar-refractivity contribution >= 4 is 15.9 Å². The molecular weight excluding hydrogens is 330 g/mol. The number of methoxy groups -OCH3 is 1. The summed E-state index contributed by atoms with van der Waals surface area (Å²) in [5.41, 5.74) is 8.05. The van der Waals surface area contributed by atoms with E-state index >= 15 is 0 Å². The van der Waals surface area contributed by atoms with Crippen LogP contribution in [0, 0.1) is 11.3 Å². The van der Waals surface area contributed by atoms with Gasteiger partial charge in [-0.15, -0.1) is 0 Å². The van der Waals surface area contributed by atoms with Gasteiger partial charge in [0.1, 0.15) is 12.4 Å². The zero-order valence-electron chi connectivity index (χ0n) is 13.2. The molecule has 0 aliphatic heterocycles. The van der Waals surface area contributed by atoms with Crippen molar-refractivity contribution in [3.05, 3.63) is 28.2 Å². The van der Waals surface area contributed by atoms with Crippen LogP contribution >= 0.6 is 15.9 Å². The van der Waals surface area contributed by atoms with Gasteiger partial charge in [0.25, 0.3) is 0 Å². The first-order valence-corrected chi connectivity index (χ1v) is 8.42. The molecule has 1 aromatic carbocycles. The van der Waals surface area contributed by atoms with E-state index in [1.54, 1.807) is 7.11 Å². The Labute approximate surface area is 136 Å². The quantitative estimate of drug-likeness (QED) is 0.773. The molecule has 0 saturated heterocycles. The van der Waals surface area contributed by atoms with Crippen LogP contribution in [0.3, 0.4) is 0 Å². The van der Waals surface area contributed by atoms with Crippen LogP contribution < -0.4 is 10.5 Å². The van der Waals surface area contributed by atoms with Crippen LogP contribution in [0.25, 0.3) is 0 Å².